The van der Waals surface area contributed by atoms with Crippen LogP contribution in [0.1, 0.15) is 6.92 Å². The monoisotopic (exact) mass is 280 g/mol. The van der Waals surface area contributed by atoms with E-state index in [9.17, 15) is 0 Å². The van der Waals surface area contributed by atoms with E-state index in [0.717, 1.165) is 6.61 Å². The van der Waals surface area contributed by atoms with Crippen molar-refractivity contribution in [2.45, 2.75) is 6.92 Å². The van der Waals surface area contributed by atoms with Gasteiger partial charge in [0.15, 0.2) is 0 Å². The third-order valence-corrected chi connectivity index (χ3v) is 2.75. The van der Waals surface area contributed by atoms with Gasteiger partial charge in [0, 0.05) is 6.61 Å². The fraction of sp³-hybridized carbons (Fsp3) is 1.00. The quantitative estimate of drug-likeness (QED) is 0.424. The Kier molecular flexibility index (Phi) is 5.59. The number of hydrogen-bond acceptors (Lipinski definition) is 1. The maximum atomic E-state index is 5.08. The Balaban J connectivity index is 2.63. The molecule has 0 saturated carbocycles. The van der Waals surface area contributed by atoms with E-state index in [1.54, 1.807) is 0 Å². The lowest BCUT2D eigenvalue weighted by Gasteiger charge is -1.94. The molecule has 0 aromatic rings. The van der Waals surface area contributed by atoms with Crippen molar-refractivity contribution >= 4 is 42.2 Å². The predicted octanol–water partition coefficient (Wildman–Crippen LogP) is 1.57. The number of halogens is 2. The van der Waals surface area contributed by atoms with Crippen molar-refractivity contribution in [3.63, 3.8) is 0 Å². The summed E-state index contributed by atoms with van der Waals surface area (Å²) in [6, 6.07) is 0. The first-order valence-electron chi connectivity index (χ1n) is 1.67. The van der Waals surface area contributed by atoms with Crippen LogP contribution in [0.5, 0.6) is 0 Å². The Morgan fingerprint density at radius 3 is 2.50 bits per heavy atom. The van der Waals surface area contributed by atoms with Crippen LogP contribution < -0.4 is 0 Å². The van der Waals surface area contributed by atoms with Crippen LogP contribution in [0, 0.1) is 0 Å². The van der Waals surface area contributed by atoms with E-state index in [-0.39, 0.29) is 0 Å². The molecule has 0 N–H and O–H groups in total. The fourth-order valence-corrected chi connectivity index (χ4v) is 2.25. The summed E-state index contributed by atoms with van der Waals surface area (Å²) in [7, 11) is 0. The molecule has 0 saturated heterocycles. The molecule has 0 fully saturated rings. The highest BCUT2D eigenvalue weighted by molar-refractivity contribution is 14.1. The van der Waals surface area contributed by atoms with Crippen molar-refractivity contribution in [2.24, 2.45) is 0 Å². The minimum absolute atomic E-state index is 0.838. The molecule has 0 bridgehead atoms. The summed E-state index contributed by atoms with van der Waals surface area (Å²) in [6.45, 7) is 2.84. The Hall–Kier alpha value is 1.39. The zero-order valence-electron chi connectivity index (χ0n) is 3.45. The van der Waals surface area contributed by atoms with Crippen molar-refractivity contribution in [3.8, 4) is 0 Å². The summed E-state index contributed by atoms with van der Waals surface area (Å²) in [5, 5.41) is -0.888. The van der Waals surface area contributed by atoms with Gasteiger partial charge in [-0.05, 0) is 6.92 Å². The van der Waals surface area contributed by atoms with Crippen molar-refractivity contribution in [3.05, 3.63) is 0 Å². The summed E-state index contributed by atoms with van der Waals surface area (Å²) < 4.78 is 5.08. The molecule has 0 rings (SSSR count). The molecule has 1 nitrogen and oxygen atoms in total. The molecule has 4 heteroatoms. The molecule has 0 aliphatic heterocycles. The maximum absolute atomic E-state index is 5.08. The van der Waals surface area contributed by atoms with E-state index in [1.807, 2.05) is 6.92 Å². The van der Waals surface area contributed by atoms with Gasteiger partial charge in [-0.3, -0.25) is 0 Å². The molecule has 38 valence electrons. The topological polar surface area (TPSA) is 9.23 Å². The lowest BCUT2D eigenvalue weighted by Crippen LogP contribution is -1.97. The maximum Gasteiger partial charge on any atom is 0.314 e. The van der Waals surface area contributed by atoms with Gasteiger partial charge in [-0.1, -0.05) is 37.1 Å². The molecule has 6 heavy (non-hydrogen) atoms. The van der Waals surface area contributed by atoms with Gasteiger partial charge >= 0.3 is 5.16 Å². The van der Waals surface area contributed by atoms with Crippen LogP contribution in [0.2, 0.25) is 0 Å². The minimum atomic E-state index is -0.888. The van der Waals surface area contributed by atoms with E-state index in [1.165, 1.54) is 0 Å². The SMILES string of the molecule is CCO[SiH](Br)I. The van der Waals surface area contributed by atoms with Crippen molar-refractivity contribution in [1.29, 1.82) is 0 Å². The molecule has 0 heterocycles. The normalized spacial score (nSPS) is 14.5. The molecule has 0 aromatic carbocycles. The van der Waals surface area contributed by atoms with Crippen molar-refractivity contribution in [1.82, 2.24) is 0 Å². The van der Waals surface area contributed by atoms with E-state index < -0.39 is 5.16 Å². The Labute approximate surface area is 60.0 Å². The summed E-state index contributed by atoms with van der Waals surface area (Å²) in [6.07, 6.45) is 0. The molecule has 1 unspecified atom stereocenters. The average Bonchev–Trinajstić information content (AvgIpc) is 1.35. The second-order valence-corrected chi connectivity index (χ2v) is 12.6. The van der Waals surface area contributed by atoms with Crippen molar-refractivity contribution < 1.29 is 4.43 Å². The van der Waals surface area contributed by atoms with Gasteiger partial charge in [-0.15, -0.1) is 0 Å². The van der Waals surface area contributed by atoms with Crippen LogP contribution in [0.4, 0.5) is 0 Å². The van der Waals surface area contributed by atoms with E-state index in [2.05, 4.69) is 37.1 Å². The van der Waals surface area contributed by atoms with E-state index in [0.29, 0.717) is 0 Å². The largest absolute Gasteiger partial charge is 0.402 e. The molecule has 0 aliphatic rings. The first kappa shape index (κ1) is 7.39. The van der Waals surface area contributed by atoms with Gasteiger partial charge in [0.2, 0.25) is 0 Å². The first-order chi connectivity index (χ1) is 2.77. The smallest absolute Gasteiger partial charge is 0.314 e. The molecule has 0 aromatic heterocycles. The Morgan fingerprint density at radius 2 is 2.50 bits per heavy atom. The summed E-state index contributed by atoms with van der Waals surface area (Å²) in [5.74, 6) is 0. The van der Waals surface area contributed by atoms with Gasteiger partial charge in [-0.2, -0.15) is 0 Å². The lowest BCUT2D eigenvalue weighted by atomic mass is 10.9. The van der Waals surface area contributed by atoms with Gasteiger partial charge in [0.1, 0.15) is 0 Å². The standard InChI is InChI=1S/C2H6BrIOSi/c1-2-5-6(3)4/h6H,2H2,1H3. The zero-order valence-corrected chi connectivity index (χ0v) is 8.35. The molecular formula is C2H6BrIOSi. The third kappa shape index (κ3) is 5.39. The first-order valence-corrected chi connectivity index (χ1v) is 9.50. The molecule has 1 atom stereocenters. The second-order valence-electron chi connectivity index (χ2n) is 0.716. The number of rotatable bonds is 2. The van der Waals surface area contributed by atoms with Crippen LogP contribution in [0.15, 0.2) is 0 Å². The highest BCUT2D eigenvalue weighted by Gasteiger charge is 1.93. The third-order valence-electron chi connectivity index (χ3n) is 0.293. The molecule has 0 aliphatic carbocycles. The van der Waals surface area contributed by atoms with Crippen LogP contribution in [-0.4, -0.2) is 11.8 Å². The molecule has 0 amide bonds. The van der Waals surface area contributed by atoms with Crippen LogP contribution >= 0.6 is 37.1 Å². The van der Waals surface area contributed by atoms with Crippen LogP contribution in [-0.2, 0) is 4.43 Å². The Bertz CT molecular complexity index is 34.7. The molecule has 0 spiro atoms. The lowest BCUT2D eigenvalue weighted by molar-refractivity contribution is 0.371. The van der Waals surface area contributed by atoms with Gasteiger partial charge in [-0.25, -0.2) is 0 Å². The Morgan fingerprint density at radius 1 is 2.00 bits per heavy atom. The molecular weight excluding hydrogens is 275 g/mol. The average molecular weight is 281 g/mol. The van der Waals surface area contributed by atoms with Gasteiger partial charge in [0.25, 0.3) is 0 Å². The molecule has 0 radical (unpaired) electrons. The fourth-order valence-electron chi connectivity index (χ4n) is 0.126. The highest BCUT2D eigenvalue weighted by atomic mass is 127. The minimum Gasteiger partial charge on any atom is -0.402 e. The van der Waals surface area contributed by atoms with E-state index in [4.69, 9.17) is 4.43 Å². The highest BCUT2D eigenvalue weighted by Crippen LogP contribution is 2.02. The number of hydrogen-bond donors (Lipinski definition) is 0. The van der Waals surface area contributed by atoms with Crippen LogP contribution in [0.3, 0.4) is 0 Å². The van der Waals surface area contributed by atoms with Gasteiger partial charge < -0.3 is 4.43 Å². The van der Waals surface area contributed by atoms with Crippen molar-refractivity contribution in [2.75, 3.05) is 6.61 Å². The van der Waals surface area contributed by atoms with Crippen LogP contribution in [0.25, 0.3) is 0 Å². The summed E-state index contributed by atoms with van der Waals surface area (Å²) in [5.41, 5.74) is 0. The summed E-state index contributed by atoms with van der Waals surface area (Å²) >= 11 is 5.61. The predicted molar refractivity (Wildman–Crippen MR) is 41.7 cm³/mol. The zero-order chi connectivity index (χ0) is 4.99. The van der Waals surface area contributed by atoms with E-state index >= 15 is 0 Å². The summed E-state index contributed by atoms with van der Waals surface area (Å²) in [4.78, 5) is 0. The van der Waals surface area contributed by atoms with Gasteiger partial charge in [0.05, 0.1) is 0 Å². The second kappa shape index (κ2) is 4.54.